The monoisotopic (exact) mass is 252 g/mol. The molecule has 1 aromatic carbocycles. The summed E-state index contributed by atoms with van der Waals surface area (Å²) < 4.78 is 4.50. The van der Waals surface area contributed by atoms with E-state index in [1.807, 2.05) is 37.3 Å². The van der Waals surface area contributed by atoms with Crippen LogP contribution in [0.2, 0.25) is 0 Å². The maximum Gasteiger partial charge on any atom is 0.506 e. The van der Waals surface area contributed by atoms with E-state index in [2.05, 4.69) is 4.74 Å². The molecule has 0 unspecified atom stereocenters. The van der Waals surface area contributed by atoms with Gasteiger partial charge in [-0.1, -0.05) is 37.3 Å². The molecular weight excluding hydrogens is 232 g/mol. The zero-order chi connectivity index (χ0) is 14.0. The number of aldehydes is 1. The zero-order valence-electron chi connectivity index (χ0n) is 11.1. The lowest BCUT2D eigenvalue weighted by Crippen LogP contribution is -2.25. The molecule has 0 fully saturated rings. The smallest absolute Gasteiger partial charge is 0.450 e. The minimum Gasteiger partial charge on any atom is -0.450 e. The van der Waals surface area contributed by atoms with E-state index < -0.39 is 11.8 Å². The van der Waals surface area contributed by atoms with Crippen molar-refractivity contribution in [2.24, 2.45) is 0 Å². The van der Waals surface area contributed by atoms with Gasteiger partial charge < -0.3 is 14.6 Å². The van der Waals surface area contributed by atoms with Gasteiger partial charge in [0.15, 0.2) is 0 Å². The predicted octanol–water partition coefficient (Wildman–Crippen LogP) is 3.30. The molecule has 18 heavy (non-hydrogen) atoms. The summed E-state index contributed by atoms with van der Waals surface area (Å²) in [6.07, 6.45) is 0.928. The van der Waals surface area contributed by atoms with E-state index in [0.717, 1.165) is 11.8 Å². The topological polar surface area (TPSA) is 63.6 Å². The van der Waals surface area contributed by atoms with Crippen molar-refractivity contribution in [1.82, 2.24) is 0 Å². The minimum atomic E-state index is -1.21. The van der Waals surface area contributed by atoms with Crippen LogP contribution in [-0.2, 0) is 16.0 Å². The van der Waals surface area contributed by atoms with Crippen LogP contribution < -0.4 is 0 Å². The fourth-order valence-electron chi connectivity index (χ4n) is 1.02. The summed E-state index contributed by atoms with van der Waals surface area (Å²) in [5, 5.41) is 8.16. The van der Waals surface area contributed by atoms with Gasteiger partial charge in [-0.3, -0.25) is 0 Å². The molecule has 0 spiro atoms. The Kier molecular flexibility index (Phi) is 7.43. The van der Waals surface area contributed by atoms with Crippen LogP contribution in [-0.4, -0.2) is 23.1 Å². The quantitative estimate of drug-likeness (QED) is 0.659. The second kappa shape index (κ2) is 8.28. The van der Waals surface area contributed by atoms with Crippen LogP contribution >= 0.6 is 0 Å². The third kappa shape index (κ3) is 8.33. The number of rotatable bonds is 4. The van der Waals surface area contributed by atoms with Crippen LogP contribution in [0.3, 0.4) is 0 Å². The van der Waals surface area contributed by atoms with Crippen molar-refractivity contribution in [1.29, 1.82) is 0 Å². The lowest BCUT2D eigenvalue weighted by atomic mass is 10.1. The fourth-order valence-corrected chi connectivity index (χ4v) is 1.02. The molecule has 0 aliphatic carbocycles. The highest BCUT2D eigenvalue weighted by Crippen LogP contribution is 2.12. The van der Waals surface area contributed by atoms with Crippen LogP contribution in [0, 0.1) is 0 Å². The third-order valence-electron chi connectivity index (χ3n) is 2.38. The molecule has 0 atom stereocenters. The average Bonchev–Trinajstić information content (AvgIpc) is 2.30. The van der Waals surface area contributed by atoms with Gasteiger partial charge in [0.25, 0.3) is 0 Å². The first-order valence-corrected chi connectivity index (χ1v) is 5.80. The summed E-state index contributed by atoms with van der Waals surface area (Å²) in [4.78, 5) is 19.9. The number of hydrogen-bond donors (Lipinski definition) is 1. The van der Waals surface area contributed by atoms with E-state index >= 15 is 0 Å². The molecule has 0 aliphatic heterocycles. The molecule has 0 bridgehead atoms. The van der Waals surface area contributed by atoms with Gasteiger partial charge in [0.1, 0.15) is 11.9 Å². The molecule has 1 N–H and O–H groups in total. The largest absolute Gasteiger partial charge is 0.506 e. The van der Waals surface area contributed by atoms with E-state index in [0.29, 0.717) is 12.8 Å². The number of carbonyl (C=O) groups excluding carboxylic acids is 1. The Labute approximate surface area is 108 Å². The number of carbonyl (C=O) groups is 2. The predicted molar refractivity (Wildman–Crippen MR) is 69.7 cm³/mol. The molecule has 0 radical (unpaired) electrons. The van der Waals surface area contributed by atoms with Gasteiger partial charge in [0, 0.05) is 6.42 Å². The molecule has 4 nitrogen and oxygen atoms in total. The summed E-state index contributed by atoms with van der Waals surface area (Å²) in [7, 11) is 0. The van der Waals surface area contributed by atoms with Gasteiger partial charge in [-0.05, 0) is 25.8 Å². The van der Waals surface area contributed by atoms with Crippen LogP contribution in [0.25, 0.3) is 0 Å². The Hall–Kier alpha value is -1.84. The molecule has 1 rings (SSSR count). The number of hydrogen-bond acceptors (Lipinski definition) is 3. The van der Waals surface area contributed by atoms with Crippen molar-refractivity contribution < 1.29 is 19.4 Å². The maximum atomic E-state index is 9.97. The molecule has 0 heterocycles. The maximum absolute atomic E-state index is 9.97. The van der Waals surface area contributed by atoms with Crippen LogP contribution in [0.4, 0.5) is 4.79 Å². The molecule has 0 aliphatic rings. The first-order valence-electron chi connectivity index (χ1n) is 5.80. The van der Waals surface area contributed by atoms with E-state index in [-0.39, 0.29) is 0 Å². The van der Waals surface area contributed by atoms with E-state index in [4.69, 9.17) is 5.11 Å². The lowest BCUT2D eigenvalue weighted by molar-refractivity contribution is -0.107. The summed E-state index contributed by atoms with van der Waals surface area (Å²) in [6.45, 7) is 5.35. The van der Waals surface area contributed by atoms with Gasteiger partial charge in [-0.25, -0.2) is 4.79 Å². The van der Waals surface area contributed by atoms with Gasteiger partial charge in [-0.15, -0.1) is 0 Å². The SMILES string of the molecule is CCC(C)(C)OC(=O)O.O=CCc1ccccc1. The molecule has 0 saturated heterocycles. The second-order valence-electron chi connectivity index (χ2n) is 4.34. The molecule has 1 aromatic rings. The summed E-state index contributed by atoms with van der Waals surface area (Å²) in [5.74, 6) is 0. The first-order chi connectivity index (χ1) is 8.41. The van der Waals surface area contributed by atoms with Gasteiger partial charge in [-0.2, -0.15) is 0 Å². The number of carboxylic acid groups (broad SMARTS) is 1. The Bertz CT molecular complexity index is 357. The molecule has 0 amide bonds. The fraction of sp³-hybridized carbons (Fsp3) is 0.429. The van der Waals surface area contributed by atoms with E-state index in [1.165, 1.54) is 0 Å². The Morgan fingerprint density at radius 2 is 1.89 bits per heavy atom. The molecule has 0 aromatic heterocycles. The minimum absolute atomic E-state index is 0.529. The highest BCUT2D eigenvalue weighted by Gasteiger charge is 2.18. The summed E-state index contributed by atoms with van der Waals surface area (Å²) in [5.41, 5.74) is 0.541. The zero-order valence-corrected chi connectivity index (χ0v) is 11.1. The van der Waals surface area contributed by atoms with Crippen molar-refractivity contribution >= 4 is 12.4 Å². The average molecular weight is 252 g/mol. The lowest BCUT2D eigenvalue weighted by Gasteiger charge is -2.20. The molecule has 100 valence electrons. The first kappa shape index (κ1) is 16.2. The van der Waals surface area contributed by atoms with E-state index in [1.54, 1.807) is 13.8 Å². The number of benzene rings is 1. The van der Waals surface area contributed by atoms with Crippen molar-refractivity contribution in [3.63, 3.8) is 0 Å². The van der Waals surface area contributed by atoms with E-state index in [9.17, 15) is 9.59 Å². The van der Waals surface area contributed by atoms with Crippen LogP contribution in [0.1, 0.15) is 32.8 Å². The normalized spacial score (nSPS) is 9.94. The van der Waals surface area contributed by atoms with Crippen molar-refractivity contribution in [2.75, 3.05) is 0 Å². The van der Waals surface area contributed by atoms with Gasteiger partial charge in [0.05, 0.1) is 0 Å². The van der Waals surface area contributed by atoms with Crippen LogP contribution in [0.15, 0.2) is 30.3 Å². The standard InChI is InChI=1S/C8H8O.C6H12O3/c9-7-6-8-4-2-1-3-5-8;1-4-6(2,3)9-5(7)8/h1-5,7H,6H2;4H2,1-3H3,(H,7,8). The molecule has 4 heteroatoms. The summed E-state index contributed by atoms with van der Waals surface area (Å²) >= 11 is 0. The highest BCUT2D eigenvalue weighted by atomic mass is 16.7. The van der Waals surface area contributed by atoms with Crippen LogP contribution in [0.5, 0.6) is 0 Å². The van der Waals surface area contributed by atoms with Gasteiger partial charge in [0.2, 0.25) is 0 Å². The van der Waals surface area contributed by atoms with Gasteiger partial charge >= 0.3 is 6.16 Å². The second-order valence-corrected chi connectivity index (χ2v) is 4.34. The van der Waals surface area contributed by atoms with Crippen molar-refractivity contribution in [3.8, 4) is 0 Å². The number of ether oxygens (including phenoxy) is 1. The summed E-state index contributed by atoms with van der Waals surface area (Å²) in [6, 6.07) is 9.68. The van der Waals surface area contributed by atoms with Crippen molar-refractivity contribution in [3.05, 3.63) is 35.9 Å². The Morgan fingerprint density at radius 1 is 1.33 bits per heavy atom. The Morgan fingerprint density at radius 3 is 2.22 bits per heavy atom. The Balaban J connectivity index is 0.000000321. The van der Waals surface area contributed by atoms with Crippen molar-refractivity contribution in [2.45, 2.75) is 39.2 Å². The molecular formula is C14H20O4. The molecule has 0 saturated carbocycles. The highest BCUT2D eigenvalue weighted by molar-refractivity contribution is 5.57. The third-order valence-corrected chi connectivity index (χ3v) is 2.38.